The normalized spacial score (nSPS) is 28.6. The van der Waals surface area contributed by atoms with Gasteiger partial charge in [-0.1, -0.05) is 35.4 Å². The van der Waals surface area contributed by atoms with Crippen LogP contribution in [0.25, 0.3) is 0 Å². The molecule has 7 rings (SSSR count). The molecular formula is C26H19Cl2N3O6. The van der Waals surface area contributed by atoms with E-state index in [1.807, 2.05) is 12.2 Å². The highest BCUT2D eigenvalue weighted by atomic mass is 35.5. The largest absolute Gasteiger partial charge is 0.292 e. The molecule has 1 saturated heterocycles. The Morgan fingerprint density at radius 1 is 0.919 bits per heavy atom. The molecule has 2 aromatic carbocycles. The molecular weight excluding hydrogens is 521 g/mol. The van der Waals surface area contributed by atoms with Crippen LogP contribution in [-0.2, 0) is 9.59 Å². The smallest absolute Gasteiger partial charge is 0.273 e. The van der Waals surface area contributed by atoms with Crippen LogP contribution >= 0.6 is 23.2 Å². The first-order chi connectivity index (χ1) is 17.7. The Balaban J connectivity index is 1.35. The Morgan fingerprint density at radius 3 is 2.03 bits per heavy atom. The number of hydrazine groups is 1. The number of hydrogen-bond acceptors (Lipinski definition) is 6. The SMILES string of the molecule is O=C(CN(C(=O)c1ccc(Cl)c(Cl)c1)N1C(=O)[C@@H]2[C@H]3C=C[C@@H]([C@@H]4C[C@@H]34)[C@H]2C1=O)c1ccc([N+](=O)[O-])cc1. The van der Waals surface area contributed by atoms with Crippen LogP contribution in [0.1, 0.15) is 27.1 Å². The highest BCUT2D eigenvalue weighted by Crippen LogP contribution is 2.65. The van der Waals surface area contributed by atoms with Crippen LogP contribution in [-0.4, -0.2) is 45.0 Å². The second-order valence-electron chi connectivity index (χ2n) is 9.86. The van der Waals surface area contributed by atoms with E-state index in [0.717, 1.165) is 16.4 Å². The number of Topliss-reactive ketones (excluding diaryl/α,β-unsaturated/α-hetero) is 1. The third kappa shape index (κ3) is 3.67. The predicted molar refractivity (Wildman–Crippen MR) is 131 cm³/mol. The topological polar surface area (TPSA) is 118 Å². The number of ketones is 1. The summed E-state index contributed by atoms with van der Waals surface area (Å²) in [5.41, 5.74) is -0.0573. The lowest BCUT2D eigenvalue weighted by molar-refractivity contribution is -0.384. The lowest BCUT2D eigenvalue weighted by atomic mass is 9.63. The van der Waals surface area contributed by atoms with Gasteiger partial charge in [-0.3, -0.25) is 29.3 Å². The number of nitrogens with zero attached hydrogens (tertiary/aromatic N) is 3. The Morgan fingerprint density at radius 2 is 1.49 bits per heavy atom. The van der Waals surface area contributed by atoms with E-state index in [0.29, 0.717) is 11.8 Å². The van der Waals surface area contributed by atoms with Crippen molar-refractivity contribution in [1.82, 2.24) is 10.0 Å². The zero-order valence-electron chi connectivity index (χ0n) is 19.1. The number of nitro groups is 1. The van der Waals surface area contributed by atoms with Crippen molar-refractivity contribution in [3.63, 3.8) is 0 Å². The van der Waals surface area contributed by atoms with Crippen molar-refractivity contribution in [1.29, 1.82) is 0 Å². The minimum Gasteiger partial charge on any atom is -0.292 e. The van der Waals surface area contributed by atoms with Crippen molar-refractivity contribution in [3.8, 4) is 0 Å². The predicted octanol–water partition coefficient (Wildman–Crippen LogP) is 4.19. The van der Waals surface area contributed by atoms with Gasteiger partial charge in [-0.2, -0.15) is 5.01 Å². The Bertz CT molecular complexity index is 1390. The monoisotopic (exact) mass is 539 g/mol. The number of rotatable bonds is 6. The number of benzene rings is 2. The zero-order valence-corrected chi connectivity index (χ0v) is 20.6. The van der Waals surface area contributed by atoms with E-state index in [2.05, 4.69) is 0 Å². The fraction of sp³-hybridized carbons (Fsp3) is 0.308. The molecule has 1 heterocycles. The summed E-state index contributed by atoms with van der Waals surface area (Å²) in [6.45, 7) is -0.622. The molecule has 188 valence electrons. The lowest BCUT2D eigenvalue weighted by Gasteiger charge is -2.37. The van der Waals surface area contributed by atoms with Crippen LogP contribution in [0.3, 0.4) is 0 Å². The van der Waals surface area contributed by atoms with Gasteiger partial charge in [-0.15, -0.1) is 0 Å². The molecule has 0 unspecified atom stereocenters. The van der Waals surface area contributed by atoms with E-state index in [4.69, 9.17) is 23.2 Å². The molecule has 5 aliphatic rings. The van der Waals surface area contributed by atoms with Gasteiger partial charge in [0.1, 0.15) is 6.54 Å². The van der Waals surface area contributed by atoms with Gasteiger partial charge in [-0.25, -0.2) is 5.01 Å². The molecule has 9 nitrogen and oxygen atoms in total. The third-order valence-corrected chi connectivity index (χ3v) is 8.71. The van der Waals surface area contributed by atoms with Gasteiger partial charge < -0.3 is 0 Å². The van der Waals surface area contributed by atoms with Crippen molar-refractivity contribution < 1.29 is 24.1 Å². The summed E-state index contributed by atoms with van der Waals surface area (Å²) in [5, 5.41) is 13.0. The summed E-state index contributed by atoms with van der Waals surface area (Å²) in [6.07, 6.45) is 5.02. The highest BCUT2D eigenvalue weighted by Gasteiger charge is 2.68. The molecule has 2 bridgehead atoms. The molecule has 2 saturated carbocycles. The van der Waals surface area contributed by atoms with E-state index in [1.165, 1.54) is 42.5 Å². The van der Waals surface area contributed by atoms with Gasteiger partial charge in [0.15, 0.2) is 5.78 Å². The molecule has 4 aliphatic carbocycles. The van der Waals surface area contributed by atoms with Crippen LogP contribution in [0.5, 0.6) is 0 Å². The van der Waals surface area contributed by atoms with E-state index in [1.54, 1.807) is 0 Å². The van der Waals surface area contributed by atoms with E-state index in [-0.39, 0.29) is 38.7 Å². The Labute approximate surface area is 220 Å². The molecule has 6 atom stereocenters. The van der Waals surface area contributed by atoms with Crippen molar-refractivity contribution in [2.24, 2.45) is 35.5 Å². The molecule has 1 aliphatic heterocycles. The quantitative estimate of drug-likeness (QED) is 0.178. The van der Waals surface area contributed by atoms with Gasteiger partial charge in [-0.05, 0) is 60.4 Å². The summed E-state index contributed by atoms with van der Waals surface area (Å²) in [5.74, 6) is -2.86. The molecule has 11 heteroatoms. The molecule has 3 amide bonds. The Kier molecular flexibility index (Phi) is 5.47. The maximum Gasteiger partial charge on any atom is 0.273 e. The number of nitro benzene ring substituents is 1. The number of carbonyl (C=O) groups excluding carboxylic acids is 4. The number of carbonyl (C=O) groups is 4. The van der Waals surface area contributed by atoms with E-state index >= 15 is 0 Å². The molecule has 0 N–H and O–H groups in total. The molecule has 37 heavy (non-hydrogen) atoms. The average molecular weight is 540 g/mol. The van der Waals surface area contributed by atoms with Crippen molar-refractivity contribution in [2.75, 3.05) is 6.54 Å². The van der Waals surface area contributed by atoms with E-state index < -0.39 is 46.8 Å². The number of amides is 3. The molecule has 3 fully saturated rings. The second kappa shape index (κ2) is 8.49. The fourth-order valence-electron chi connectivity index (χ4n) is 6.19. The standard InChI is InChI=1S/C26H19Cl2N3O6/c27-19-8-3-13(9-20(19)28)24(33)29(11-21(32)12-1-4-14(5-2-12)31(36)37)30-25(34)22-15-6-7-16(18-10-17(15)18)23(22)26(30)35/h1-9,15-18,22-23H,10-11H2/t15-,16-,17-,18-,22+,23+/m0/s1. The Hall–Kier alpha value is -3.56. The minimum absolute atomic E-state index is 0.0466. The first-order valence-corrected chi connectivity index (χ1v) is 12.5. The summed E-state index contributed by atoms with van der Waals surface area (Å²) < 4.78 is 0. The van der Waals surface area contributed by atoms with Crippen molar-refractivity contribution >= 4 is 52.4 Å². The van der Waals surface area contributed by atoms with Crippen LogP contribution in [0.2, 0.25) is 10.0 Å². The van der Waals surface area contributed by atoms with Crippen molar-refractivity contribution in [2.45, 2.75) is 6.42 Å². The van der Waals surface area contributed by atoms with Gasteiger partial charge in [0, 0.05) is 23.3 Å². The van der Waals surface area contributed by atoms with Crippen LogP contribution in [0, 0.1) is 45.6 Å². The van der Waals surface area contributed by atoms with Gasteiger partial charge >= 0.3 is 0 Å². The number of hydrogen-bond donors (Lipinski definition) is 0. The summed E-state index contributed by atoms with van der Waals surface area (Å²) >= 11 is 12.1. The van der Waals surface area contributed by atoms with Crippen LogP contribution in [0.4, 0.5) is 5.69 Å². The zero-order chi connectivity index (χ0) is 26.2. The van der Waals surface area contributed by atoms with Crippen molar-refractivity contribution in [3.05, 3.63) is 85.9 Å². The lowest BCUT2D eigenvalue weighted by Crippen LogP contribution is -2.52. The number of imide groups is 1. The number of halogens is 2. The van der Waals surface area contributed by atoms with Gasteiger partial charge in [0.25, 0.3) is 23.4 Å². The molecule has 0 radical (unpaired) electrons. The fourth-order valence-corrected chi connectivity index (χ4v) is 6.49. The third-order valence-electron chi connectivity index (χ3n) is 7.98. The summed E-state index contributed by atoms with van der Waals surface area (Å²) in [7, 11) is 0. The first kappa shape index (κ1) is 23.8. The number of allylic oxidation sites excluding steroid dienone is 2. The number of non-ortho nitro benzene ring substituents is 1. The van der Waals surface area contributed by atoms with E-state index in [9.17, 15) is 29.3 Å². The first-order valence-electron chi connectivity index (χ1n) is 11.8. The summed E-state index contributed by atoms with van der Waals surface area (Å²) in [6, 6.07) is 9.02. The molecule has 2 aromatic rings. The highest BCUT2D eigenvalue weighted by molar-refractivity contribution is 6.42. The van der Waals surface area contributed by atoms with Crippen LogP contribution < -0.4 is 0 Å². The second-order valence-corrected chi connectivity index (χ2v) is 10.7. The maximum atomic E-state index is 13.7. The van der Waals surface area contributed by atoms with Crippen LogP contribution in [0.15, 0.2) is 54.6 Å². The van der Waals surface area contributed by atoms with Gasteiger partial charge in [0.05, 0.1) is 26.8 Å². The minimum atomic E-state index is -0.764. The van der Waals surface area contributed by atoms with Gasteiger partial charge in [0.2, 0.25) is 0 Å². The molecule has 0 spiro atoms. The molecule has 0 aromatic heterocycles. The summed E-state index contributed by atoms with van der Waals surface area (Å²) in [4.78, 5) is 64.6. The maximum absolute atomic E-state index is 13.7. The average Bonchev–Trinajstić information content (AvgIpc) is 3.67.